The van der Waals surface area contributed by atoms with Crippen molar-refractivity contribution in [2.24, 2.45) is 0 Å². The number of anilines is 1. The molecule has 0 atom stereocenters. The molecule has 0 bridgehead atoms. The number of hydrogen-bond donors (Lipinski definition) is 1. The van der Waals surface area contributed by atoms with Gasteiger partial charge in [0.25, 0.3) is 0 Å². The van der Waals surface area contributed by atoms with Crippen LogP contribution in [0.1, 0.15) is 6.92 Å². The Balaban J connectivity index is 2.32. The maximum absolute atomic E-state index is 12.4. The molecule has 4 nitrogen and oxygen atoms in total. The second-order valence-electron chi connectivity index (χ2n) is 5.17. The fraction of sp³-hybridized carbons (Fsp3) is 0.0526. The predicted octanol–water partition coefficient (Wildman–Crippen LogP) is 3.89. The van der Waals surface area contributed by atoms with Gasteiger partial charge in [0.1, 0.15) is 5.82 Å². The smallest absolute Gasteiger partial charge is 0.193 e. The zero-order chi connectivity index (χ0) is 16.2. The number of para-hydroxylation sites is 1. The van der Waals surface area contributed by atoms with Gasteiger partial charge in [0.2, 0.25) is 0 Å². The first-order chi connectivity index (χ1) is 11.2. The summed E-state index contributed by atoms with van der Waals surface area (Å²) in [4.78, 5) is 16.5. The lowest BCUT2D eigenvalue weighted by molar-refractivity contribution is 1.08. The van der Waals surface area contributed by atoms with E-state index in [4.69, 9.17) is 0 Å². The van der Waals surface area contributed by atoms with Gasteiger partial charge in [0, 0.05) is 29.8 Å². The van der Waals surface area contributed by atoms with Crippen LogP contribution in [0.15, 0.2) is 84.1 Å². The van der Waals surface area contributed by atoms with Gasteiger partial charge in [-0.2, -0.15) is 0 Å². The van der Waals surface area contributed by atoms with Crippen molar-refractivity contribution in [2.45, 2.75) is 6.92 Å². The van der Waals surface area contributed by atoms with E-state index in [1.807, 2.05) is 54.0 Å². The molecule has 2 aromatic heterocycles. The van der Waals surface area contributed by atoms with Crippen molar-refractivity contribution in [3.63, 3.8) is 0 Å². The minimum Gasteiger partial charge on any atom is -0.345 e. The van der Waals surface area contributed by atoms with Gasteiger partial charge in [0.15, 0.2) is 5.43 Å². The molecule has 4 heteroatoms. The number of allylic oxidation sites excluding steroid dienone is 3. The molecule has 3 aromatic rings. The van der Waals surface area contributed by atoms with Crippen LogP contribution in [0.5, 0.6) is 0 Å². The Kier molecular flexibility index (Phi) is 4.06. The summed E-state index contributed by atoms with van der Waals surface area (Å²) in [6.07, 6.45) is 6.86. The van der Waals surface area contributed by atoms with Gasteiger partial charge < -0.3 is 5.32 Å². The summed E-state index contributed by atoms with van der Waals surface area (Å²) in [5, 5.41) is 3.87. The highest BCUT2D eigenvalue weighted by molar-refractivity contribution is 5.82. The molecule has 23 heavy (non-hydrogen) atoms. The maximum Gasteiger partial charge on any atom is 0.193 e. The third-order valence-corrected chi connectivity index (χ3v) is 3.52. The van der Waals surface area contributed by atoms with E-state index >= 15 is 0 Å². The van der Waals surface area contributed by atoms with Crippen LogP contribution >= 0.6 is 0 Å². The number of hydrogen-bond acceptors (Lipinski definition) is 3. The Morgan fingerprint density at radius 2 is 2.04 bits per heavy atom. The summed E-state index contributed by atoms with van der Waals surface area (Å²) in [6.45, 7) is 5.63. The van der Waals surface area contributed by atoms with Gasteiger partial charge >= 0.3 is 0 Å². The molecular formula is C19H17N3O. The van der Waals surface area contributed by atoms with Crippen molar-refractivity contribution < 1.29 is 0 Å². The topological polar surface area (TPSA) is 46.9 Å². The zero-order valence-electron chi connectivity index (χ0n) is 12.9. The summed E-state index contributed by atoms with van der Waals surface area (Å²) in [7, 11) is 0. The lowest BCUT2D eigenvalue weighted by Gasteiger charge is -2.18. The standard InChI is InChI=1S/C19H17N3O/c1-3-7-14(2)21-19-12-18(23)16-13-20-11-10-17(16)22(19)15-8-5-4-6-9-15/h3-13,21H,1H2,2H3/b14-7+. The fourth-order valence-electron chi connectivity index (χ4n) is 2.54. The predicted molar refractivity (Wildman–Crippen MR) is 94.9 cm³/mol. The molecule has 2 heterocycles. The van der Waals surface area contributed by atoms with E-state index in [-0.39, 0.29) is 5.43 Å². The molecule has 0 fully saturated rings. The molecule has 3 rings (SSSR count). The van der Waals surface area contributed by atoms with Crippen molar-refractivity contribution in [3.8, 4) is 5.69 Å². The van der Waals surface area contributed by atoms with Gasteiger partial charge in [-0.15, -0.1) is 0 Å². The Hall–Kier alpha value is -3.14. The SMILES string of the molecule is C=C/C=C(\C)Nc1cc(=O)c2cnccc2n1-c1ccccc1. The molecule has 0 saturated heterocycles. The Bertz CT molecular complexity index is 940. The van der Waals surface area contributed by atoms with Crippen LogP contribution < -0.4 is 10.7 Å². The largest absolute Gasteiger partial charge is 0.345 e. The van der Waals surface area contributed by atoms with Crippen molar-refractivity contribution in [3.05, 3.63) is 89.5 Å². The number of rotatable bonds is 4. The first-order valence-electron chi connectivity index (χ1n) is 7.32. The van der Waals surface area contributed by atoms with Gasteiger partial charge in [-0.1, -0.05) is 30.9 Å². The molecule has 0 amide bonds. The molecule has 1 N–H and O–H groups in total. The van der Waals surface area contributed by atoms with E-state index in [0.29, 0.717) is 11.2 Å². The minimum absolute atomic E-state index is 0.0609. The van der Waals surface area contributed by atoms with Crippen molar-refractivity contribution >= 4 is 16.7 Å². The van der Waals surface area contributed by atoms with E-state index in [2.05, 4.69) is 16.9 Å². The Labute approximate surface area is 134 Å². The quantitative estimate of drug-likeness (QED) is 0.744. The van der Waals surface area contributed by atoms with Crippen molar-refractivity contribution in [2.75, 3.05) is 5.32 Å². The number of nitrogens with one attached hydrogen (secondary N) is 1. The Morgan fingerprint density at radius 3 is 2.78 bits per heavy atom. The van der Waals surface area contributed by atoms with Crippen molar-refractivity contribution in [1.82, 2.24) is 9.55 Å². The first kappa shape index (κ1) is 14.8. The van der Waals surface area contributed by atoms with E-state index < -0.39 is 0 Å². The molecule has 0 radical (unpaired) electrons. The highest BCUT2D eigenvalue weighted by Gasteiger charge is 2.10. The second-order valence-corrected chi connectivity index (χ2v) is 5.17. The molecule has 0 aliphatic heterocycles. The highest BCUT2D eigenvalue weighted by atomic mass is 16.1. The minimum atomic E-state index is -0.0609. The lowest BCUT2D eigenvalue weighted by atomic mass is 10.2. The molecule has 1 aromatic carbocycles. The summed E-state index contributed by atoms with van der Waals surface area (Å²) in [5.41, 5.74) is 2.62. The van der Waals surface area contributed by atoms with Crippen LogP contribution in [0.4, 0.5) is 5.82 Å². The number of aromatic nitrogens is 2. The average Bonchev–Trinajstić information content (AvgIpc) is 2.56. The van der Waals surface area contributed by atoms with E-state index in [0.717, 1.165) is 16.9 Å². The summed E-state index contributed by atoms with van der Waals surface area (Å²) >= 11 is 0. The van der Waals surface area contributed by atoms with Gasteiger partial charge in [-0.05, 0) is 31.2 Å². The van der Waals surface area contributed by atoms with Crippen LogP contribution in [0.2, 0.25) is 0 Å². The average molecular weight is 303 g/mol. The molecule has 0 saturated carbocycles. The van der Waals surface area contributed by atoms with Crippen LogP contribution in [0.3, 0.4) is 0 Å². The monoisotopic (exact) mass is 303 g/mol. The maximum atomic E-state index is 12.4. The first-order valence-corrected chi connectivity index (χ1v) is 7.32. The summed E-state index contributed by atoms with van der Waals surface area (Å²) < 4.78 is 2.01. The molecule has 0 aliphatic rings. The van der Waals surface area contributed by atoms with Gasteiger partial charge in [0.05, 0.1) is 10.9 Å². The second kappa shape index (κ2) is 6.32. The van der Waals surface area contributed by atoms with Crippen LogP contribution in [-0.2, 0) is 0 Å². The summed E-state index contributed by atoms with van der Waals surface area (Å²) in [5.74, 6) is 0.704. The molecular weight excluding hydrogens is 286 g/mol. The normalized spacial score (nSPS) is 11.4. The van der Waals surface area contributed by atoms with Crippen LogP contribution in [0, 0.1) is 0 Å². The number of pyridine rings is 2. The molecule has 0 unspecified atom stereocenters. The third-order valence-electron chi connectivity index (χ3n) is 3.52. The molecule has 0 spiro atoms. The third kappa shape index (κ3) is 2.92. The number of benzene rings is 1. The van der Waals surface area contributed by atoms with Crippen molar-refractivity contribution in [1.29, 1.82) is 0 Å². The highest BCUT2D eigenvalue weighted by Crippen LogP contribution is 2.22. The molecule has 0 aliphatic carbocycles. The van der Waals surface area contributed by atoms with E-state index in [1.54, 1.807) is 24.5 Å². The van der Waals surface area contributed by atoms with Gasteiger partial charge in [-0.25, -0.2) is 0 Å². The Morgan fingerprint density at radius 1 is 1.26 bits per heavy atom. The van der Waals surface area contributed by atoms with Crippen LogP contribution in [-0.4, -0.2) is 9.55 Å². The number of nitrogens with zero attached hydrogens (tertiary/aromatic N) is 2. The molecule has 114 valence electrons. The summed E-state index contributed by atoms with van der Waals surface area (Å²) in [6, 6.07) is 13.3. The lowest BCUT2D eigenvalue weighted by Crippen LogP contribution is -2.13. The van der Waals surface area contributed by atoms with E-state index in [1.165, 1.54) is 0 Å². The zero-order valence-corrected chi connectivity index (χ0v) is 12.9. The van der Waals surface area contributed by atoms with Gasteiger partial charge in [-0.3, -0.25) is 14.3 Å². The van der Waals surface area contributed by atoms with Crippen LogP contribution in [0.25, 0.3) is 16.6 Å². The fourth-order valence-corrected chi connectivity index (χ4v) is 2.54. The number of fused-ring (bicyclic) bond motifs is 1. The van der Waals surface area contributed by atoms with E-state index in [9.17, 15) is 4.79 Å².